The number of nitrogens with two attached hydrogens (primary N) is 1. The van der Waals surface area contributed by atoms with Gasteiger partial charge in [-0.2, -0.15) is 0 Å². The average molecular weight is 237 g/mol. The highest BCUT2D eigenvalue weighted by atomic mass is 16.5. The summed E-state index contributed by atoms with van der Waals surface area (Å²) in [6.45, 7) is 7.81. The van der Waals surface area contributed by atoms with Crippen molar-refractivity contribution in [1.82, 2.24) is 4.98 Å². The predicted octanol–water partition coefficient (Wildman–Crippen LogP) is 2.22. The van der Waals surface area contributed by atoms with Crippen molar-refractivity contribution in [3.8, 4) is 0 Å². The maximum atomic E-state index is 6.01. The molecule has 0 aromatic carbocycles. The molecule has 17 heavy (non-hydrogen) atoms. The van der Waals surface area contributed by atoms with Crippen LogP contribution in [0.4, 0.5) is 11.5 Å². The number of rotatable bonds is 6. The smallest absolute Gasteiger partial charge is 0.152 e. The van der Waals surface area contributed by atoms with Crippen molar-refractivity contribution >= 4 is 11.5 Å². The van der Waals surface area contributed by atoms with Gasteiger partial charge in [0.25, 0.3) is 0 Å². The molecule has 4 nitrogen and oxygen atoms in total. The number of hydrogen-bond acceptors (Lipinski definition) is 4. The fourth-order valence-electron chi connectivity index (χ4n) is 1.73. The summed E-state index contributed by atoms with van der Waals surface area (Å²) in [5.74, 6) is 0.872. The highest BCUT2D eigenvalue weighted by Crippen LogP contribution is 2.23. The molecule has 0 bridgehead atoms. The summed E-state index contributed by atoms with van der Waals surface area (Å²) in [6, 6.07) is 4.26. The number of pyridine rings is 1. The van der Waals surface area contributed by atoms with Crippen LogP contribution in [0.15, 0.2) is 12.1 Å². The van der Waals surface area contributed by atoms with E-state index in [-0.39, 0.29) is 0 Å². The summed E-state index contributed by atoms with van der Waals surface area (Å²) in [4.78, 5) is 6.75. The second kappa shape index (κ2) is 6.45. The van der Waals surface area contributed by atoms with Gasteiger partial charge in [-0.05, 0) is 32.4 Å². The first-order valence-electron chi connectivity index (χ1n) is 6.08. The van der Waals surface area contributed by atoms with E-state index < -0.39 is 0 Å². The lowest BCUT2D eigenvalue weighted by molar-refractivity contribution is 0.203. The summed E-state index contributed by atoms with van der Waals surface area (Å²) in [6.07, 6.45) is 1.05. The van der Waals surface area contributed by atoms with Crippen molar-refractivity contribution in [1.29, 1.82) is 0 Å². The van der Waals surface area contributed by atoms with Crippen LogP contribution in [0, 0.1) is 6.92 Å². The van der Waals surface area contributed by atoms with E-state index in [0.29, 0.717) is 12.6 Å². The van der Waals surface area contributed by atoms with E-state index in [2.05, 4.69) is 23.7 Å². The summed E-state index contributed by atoms with van der Waals surface area (Å²) >= 11 is 0. The molecule has 96 valence electrons. The molecule has 2 N–H and O–H groups in total. The molecule has 4 heteroatoms. The van der Waals surface area contributed by atoms with Crippen LogP contribution in [0.25, 0.3) is 0 Å². The lowest BCUT2D eigenvalue weighted by atomic mass is 10.2. The van der Waals surface area contributed by atoms with Crippen LogP contribution in [0.5, 0.6) is 0 Å². The summed E-state index contributed by atoms with van der Waals surface area (Å²) in [5, 5.41) is 0. The van der Waals surface area contributed by atoms with Gasteiger partial charge in [-0.25, -0.2) is 4.98 Å². The van der Waals surface area contributed by atoms with Gasteiger partial charge in [0.1, 0.15) is 0 Å². The molecule has 0 radical (unpaired) electrons. The van der Waals surface area contributed by atoms with Crippen LogP contribution in [-0.2, 0) is 4.74 Å². The molecule has 1 heterocycles. The third-order valence-electron chi connectivity index (χ3n) is 2.98. The van der Waals surface area contributed by atoms with E-state index in [9.17, 15) is 0 Å². The van der Waals surface area contributed by atoms with Crippen molar-refractivity contribution in [2.45, 2.75) is 33.2 Å². The Kier molecular flexibility index (Phi) is 5.22. The predicted molar refractivity (Wildman–Crippen MR) is 72.4 cm³/mol. The van der Waals surface area contributed by atoms with Crippen LogP contribution in [0.3, 0.4) is 0 Å². The highest BCUT2D eigenvalue weighted by molar-refractivity contribution is 5.63. The maximum absolute atomic E-state index is 6.01. The Balaban J connectivity index is 2.98. The lowest BCUT2D eigenvalue weighted by Gasteiger charge is -2.30. The minimum atomic E-state index is 0.404. The molecule has 0 aliphatic heterocycles. The minimum absolute atomic E-state index is 0.404. The van der Waals surface area contributed by atoms with Crippen molar-refractivity contribution in [2.24, 2.45) is 0 Å². The number of hydrogen-bond donors (Lipinski definition) is 1. The third-order valence-corrected chi connectivity index (χ3v) is 2.98. The number of aromatic nitrogens is 1. The van der Waals surface area contributed by atoms with E-state index in [1.54, 1.807) is 7.11 Å². The first-order chi connectivity index (χ1) is 8.10. The molecule has 0 aliphatic carbocycles. The number of anilines is 2. The lowest BCUT2D eigenvalue weighted by Crippen LogP contribution is -2.36. The second-order valence-corrected chi connectivity index (χ2v) is 4.31. The van der Waals surface area contributed by atoms with Gasteiger partial charge in [-0.15, -0.1) is 0 Å². The van der Waals surface area contributed by atoms with Crippen LogP contribution in [0.1, 0.15) is 26.0 Å². The first-order valence-corrected chi connectivity index (χ1v) is 6.08. The van der Waals surface area contributed by atoms with Gasteiger partial charge in [0.05, 0.1) is 12.3 Å². The Bertz CT molecular complexity index is 355. The SMILES string of the molecule is CCC(C)N(CCOC)c1nc(C)ccc1N. The molecule has 0 saturated carbocycles. The fourth-order valence-corrected chi connectivity index (χ4v) is 1.73. The van der Waals surface area contributed by atoms with Gasteiger partial charge in [0.2, 0.25) is 0 Å². The fraction of sp³-hybridized carbons (Fsp3) is 0.615. The molecule has 1 atom stereocenters. The Morgan fingerprint density at radius 1 is 1.47 bits per heavy atom. The zero-order chi connectivity index (χ0) is 12.8. The molecular weight excluding hydrogens is 214 g/mol. The standard InChI is InChI=1S/C13H23N3O/c1-5-11(3)16(8-9-17-4)13-12(14)7-6-10(2)15-13/h6-7,11H,5,8-9,14H2,1-4H3. The zero-order valence-electron chi connectivity index (χ0n) is 11.2. The second-order valence-electron chi connectivity index (χ2n) is 4.31. The van der Waals surface area contributed by atoms with E-state index in [0.717, 1.165) is 30.2 Å². The molecule has 0 amide bonds. The van der Waals surface area contributed by atoms with Gasteiger partial charge in [0, 0.05) is 25.4 Å². The molecule has 1 unspecified atom stereocenters. The van der Waals surface area contributed by atoms with Crippen molar-refractivity contribution < 1.29 is 4.74 Å². The number of nitrogens with zero attached hydrogens (tertiary/aromatic N) is 2. The molecule has 0 saturated heterocycles. The third kappa shape index (κ3) is 3.60. The Hall–Kier alpha value is -1.29. The number of ether oxygens (including phenoxy) is 1. The van der Waals surface area contributed by atoms with E-state index in [1.807, 2.05) is 19.1 Å². The Morgan fingerprint density at radius 2 is 2.18 bits per heavy atom. The normalized spacial score (nSPS) is 12.5. The summed E-state index contributed by atoms with van der Waals surface area (Å²) in [7, 11) is 1.71. The van der Waals surface area contributed by atoms with Crippen molar-refractivity contribution in [3.05, 3.63) is 17.8 Å². The molecule has 1 aromatic heterocycles. The summed E-state index contributed by atoms with van der Waals surface area (Å²) < 4.78 is 5.15. The Morgan fingerprint density at radius 3 is 2.76 bits per heavy atom. The summed E-state index contributed by atoms with van der Waals surface area (Å²) in [5.41, 5.74) is 7.72. The number of aryl methyl sites for hydroxylation is 1. The van der Waals surface area contributed by atoms with E-state index in [4.69, 9.17) is 10.5 Å². The molecule has 1 rings (SSSR count). The van der Waals surface area contributed by atoms with E-state index >= 15 is 0 Å². The van der Waals surface area contributed by atoms with Crippen LogP contribution in [-0.4, -0.2) is 31.3 Å². The maximum Gasteiger partial charge on any atom is 0.152 e. The van der Waals surface area contributed by atoms with Crippen molar-refractivity contribution in [3.63, 3.8) is 0 Å². The largest absolute Gasteiger partial charge is 0.396 e. The Labute approximate surface area is 104 Å². The van der Waals surface area contributed by atoms with Gasteiger partial charge in [-0.3, -0.25) is 0 Å². The topological polar surface area (TPSA) is 51.4 Å². The van der Waals surface area contributed by atoms with E-state index in [1.165, 1.54) is 0 Å². The van der Waals surface area contributed by atoms with Gasteiger partial charge in [-0.1, -0.05) is 6.92 Å². The highest BCUT2D eigenvalue weighted by Gasteiger charge is 2.16. The van der Waals surface area contributed by atoms with Crippen LogP contribution >= 0.6 is 0 Å². The minimum Gasteiger partial charge on any atom is -0.396 e. The van der Waals surface area contributed by atoms with Crippen LogP contribution < -0.4 is 10.6 Å². The van der Waals surface area contributed by atoms with Crippen molar-refractivity contribution in [2.75, 3.05) is 30.9 Å². The molecular formula is C13H23N3O. The average Bonchev–Trinajstić information content (AvgIpc) is 2.33. The van der Waals surface area contributed by atoms with Gasteiger partial charge < -0.3 is 15.4 Å². The molecule has 0 spiro atoms. The zero-order valence-corrected chi connectivity index (χ0v) is 11.2. The molecule has 1 aromatic rings. The number of nitrogen functional groups attached to an aromatic ring is 1. The van der Waals surface area contributed by atoms with Gasteiger partial charge in [0.15, 0.2) is 5.82 Å². The monoisotopic (exact) mass is 237 g/mol. The molecule has 0 aliphatic rings. The van der Waals surface area contributed by atoms with Gasteiger partial charge >= 0.3 is 0 Å². The quantitative estimate of drug-likeness (QED) is 0.824. The molecule has 0 fully saturated rings. The van der Waals surface area contributed by atoms with Crippen LogP contribution in [0.2, 0.25) is 0 Å². The number of methoxy groups -OCH3 is 1. The first kappa shape index (κ1) is 13.8.